The summed E-state index contributed by atoms with van der Waals surface area (Å²) >= 11 is 0. The average molecular weight is 238 g/mol. The molecule has 0 aliphatic rings. The van der Waals surface area contributed by atoms with Gasteiger partial charge in [-0.15, -0.1) is 0 Å². The lowest BCUT2D eigenvalue weighted by atomic mass is 10.1. The predicted molar refractivity (Wildman–Crippen MR) is 68.6 cm³/mol. The number of aliphatic hydroxyl groups excluding tert-OH is 1. The van der Waals surface area contributed by atoms with Crippen molar-refractivity contribution in [1.82, 2.24) is 0 Å². The van der Waals surface area contributed by atoms with Gasteiger partial charge in [0.25, 0.3) is 0 Å². The summed E-state index contributed by atoms with van der Waals surface area (Å²) in [6.45, 7) is 4.59. The van der Waals surface area contributed by atoms with Gasteiger partial charge in [0.05, 0.1) is 19.8 Å². The Balaban J connectivity index is 2.69. The molecule has 0 aromatic heterocycles. The number of ether oxygens (including phenoxy) is 2. The molecule has 0 radical (unpaired) electrons. The Labute approximate surface area is 103 Å². The minimum absolute atomic E-state index is 0.487. The molecule has 0 aliphatic carbocycles. The second-order valence-electron chi connectivity index (χ2n) is 4.14. The van der Waals surface area contributed by atoms with Gasteiger partial charge in [-0.25, -0.2) is 0 Å². The van der Waals surface area contributed by atoms with Crippen LogP contribution in [0.15, 0.2) is 18.2 Å². The summed E-state index contributed by atoms with van der Waals surface area (Å²) < 4.78 is 10.9. The molecule has 1 atom stereocenters. The summed E-state index contributed by atoms with van der Waals surface area (Å²) in [4.78, 5) is 0. The molecule has 0 spiro atoms. The number of rotatable bonds is 7. The van der Waals surface area contributed by atoms with Crippen molar-refractivity contribution >= 4 is 0 Å². The van der Waals surface area contributed by atoms with Gasteiger partial charge >= 0.3 is 0 Å². The second-order valence-corrected chi connectivity index (χ2v) is 4.14. The first kappa shape index (κ1) is 13.8. The molecule has 0 fully saturated rings. The van der Waals surface area contributed by atoms with Gasteiger partial charge in [-0.3, -0.25) is 0 Å². The largest absolute Gasteiger partial charge is 0.493 e. The minimum atomic E-state index is -0.487. The van der Waals surface area contributed by atoms with Crippen molar-refractivity contribution in [1.29, 1.82) is 0 Å². The van der Waals surface area contributed by atoms with Gasteiger partial charge in [0.15, 0.2) is 11.5 Å². The van der Waals surface area contributed by atoms with Crippen LogP contribution in [0.3, 0.4) is 0 Å². The van der Waals surface area contributed by atoms with Crippen molar-refractivity contribution in [3.05, 3.63) is 23.8 Å². The van der Waals surface area contributed by atoms with Crippen molar-refractivity contribution in [2.75, 3.05) is 13.7 Å². The molecular weight excluding hydrogens is 216 g/mol. The number of aliphatic hydroxyl groups is 1. The monoisotopic (exact) mass is 238 g/mol. The summed E-state index contributed by atoms with van der Waals surface area (Å²) in [5.41, 5.74) is 0.844. The summed E-state index contributed by atoms with van der Waals surface area (Å²) in [7, 11) is 1.62. The van der Waals surface area contributed by atoms with Gasteiger partial charge in [-0.2, -0.15) is 0 Å². The van der Waals surface area contributed by atoms with E-state index >= 15 is 0 Å². The Kier molecular flexibility index (Phi) is 5.84. The molecule has 0 bridgehead atoms. The van der Waals surface area contributed by atoms with E-state index < -0.39 is 6.10 Å². The van der Waals surface area contributed by atoms with Crippen molar-refractivity contribution in [2.45, 2.75) is 39.2 Å². The zero-order chi connectivity index (χ0) is 12.7. The number of unbranched alkanes of at least 4 members (excludes halogenated alkanes) is 2. The zero-order valence-corrected chi connectivity index (χ0v) is 10.9. The maximum Gasteiger partial charge on any atom is 0.161 e. The standard InChI is InChI=1S/C14H22O3/c1-4-5-6-9-17-14-10-12(11(2)15)7-8-13(14)16-3/h7-8,10-11,15H,4-6,9H2,1-3H3/t11-/m0/s1. The van der Waals surface area contributed by atoms with Crippen molar-refractivity contribution in [3.63, 3.8) is 0 Å². The molecule has 1 aromatic carbocycles. The smallest absolute Gasteiger partial charge is 0.161 e. The lowest BCUT2D eigenvalue weighted by molar-refractivity contribution is 0.198. The highest BCUT2D eigenvalue weighted by atomic mass is 16.5. The molecule has 3 heteroatoms. The number of hydrogen-bond acceptors (Lipinski definition) is 3. The maximum absolute atomic E-state index is 9.53. The van der Waals surface area contributed by atoms with Crippen LogP contribution in [0.4, 0.5) is 0 Å². The van der Waals surface area contributed by atoms with Crippen LogP contribution in [0.1, 0.15) is 44.8 Å². The summed E-state index contributed by atoms with van der Waals surface area (Å²) in [6.07, 6.45) is 2.89. The van der Waals surface area contributed by atoms with Crippen LogP contribution in [0.2, 0.25) is 0 Å². The van der Waals surface area contributed by atoms with Crippen molar-refractivity contribution < 1.29 is 14.6 Å². The van der Waals surface area contributed by atoms with Crippen molar-refractivity contribution in [3.8, 4) is 11.5 Å². The molecule has 3 nitrogen and oxygen atoms in total. The van der Waals surface area contributed by atoms with E-state index in [1.54, 1.807) is 14.0 Å². The van der Waals surface area contributed by atoms with E-state index in [1.165, 1.54) is 12.8 Å². The number of hydrogen-bond donors (Lipinski definition) is 1. The van der Waals surface area contributed by atoms with Crippen LogP contribution >= 0.6 is 0 Å². The van der Waals surface area contributed by atoms with E-state index in [0.29, 0.717) is 18.1 Å². The number of methoxy groups -OCH3 is 1. The van der Waals surface area contributed by atoms with E-state index in [9.17, 15) is 5.11 Å². The highest BCUT2D eigenvalue weighted by Crippen LogP contribution is 2.30. The van der Waals surface area contributed by atoms with Crippen LogP contribution < -0.4 is 9.47 Å². The molecule has 0 amide bonds. The first-order chi connectivity index (χ1) is 8.19. The molecule has 96 valence electrons. The molecule has 0 saturated heterocycles. The van der Waals surface area contributed by atoms with Gasteiger partial charge < -0.3 is 14.6 Å². The van der Waals surface area contributed by atoms with E-state index in [0.717, 1.165) is 12.0 Å². The molecular formula is C14H22O3. The Hall–Kier alpha value is -1.22. The van der Waals surface area contributed by atoms with Crippen LogP contribution in [0.25, 0.3) is 0 Å². The summed E-state index contributed by atoms with van der Waals surface area (Å²) in [6, 6.07) is 5.52. The van der Waals surface area contributed by atoms with E-state index in [4.69, 9.17) is 9.47 Å². The summed E-state index contributed by atoms with van der Waals surface area (Å²) in [5, 5.41) is 9.53. The predicted octanol–water partition coefficient (Wildman–Crippen LogP) is 3.32. The van der Waals surface area contributed by atoms with Gasteiger partial charge in [0.1, 0.15) is 0 Å². The molecule has 1 aromatic rings. The minimum Gasteiger partial charge on any atom is -0.493 e. The molecule has 0 unspecified atom stereocenters. The Morgan fingerprint density at radius 3 is 2.59 bits per heavy atom. The SMILES string of the molecule is CCCCCOc1cc([C@H](C)O)ccc1OC. The fourth-order valence-electron chi connectivity index (χ4n) is 1.60. The molecule has 0 aliphatic heterocycles. The molecule has 17 heavy (non-hydrogen) atoms. The number of benzene rings is 1. The normalized spacial score (nSPS) is 12.2. The highest BCUT2D eigenvalue weighted by molar-refractivity contribution is 5.43. The van der Waals surface area contributed by atoms with Crippen LogP contribution in [0, 0.1) is 0 Å². The Morgan fingerprint density at radius 1 is 1.24 bits per heavy atom. The third-order valence-electron chi connectivity index (χ3n) is 2.68. The fourth-order valence-corrected chi connectivity index (χ4v) is 1.60. The topological polar surface area (TPSA) is 38.7 Å². The molecule has 1 rings (SSSR count). The molecule has 0 heterocycles. The highest BCUT2D eigenvalue weighted by Gasteiger charge is 2.08. The van der Waals surface area contributed by atoms with Crippen molar-refractivity contribution in [2.24, 2.45) is 0 Å². The summed E-state index contributed by atoms with van der Waals surface area (Å²) in [5.74, 6) is 1.42. The van der Waals surface area contributed by atoms with E-state index in [1.807, 2.05) is 18.2 Å². The van der Waals surface area contributed by atoms with Gasteiger partial charge in [-0.05, 0) is 31.0 Å². The van der Waals surface area contributed by atoms with Gasteiger partial charge in [-0.1, -0.05) is 25.8 Å². The second kappa shape index (κ2) is 7.17. The lowest BCUT2D eigenvalue weighted by Crippen LogP contribution is -2.01. The Morgan fingerprint density at radius 2 is 2.00 bits per heavy atom. The fraction of sp³-hybridized carbons (Fsp3) is 0.571. The van der Waals surface area contributed by atoms with Crippen LogP contribution in [-0.4, -0.2) is 18.8 Å². The van der Waals surface area contributed by atoms with E-state index in [2.05, 4.69) is 6.92 Å². The first-order valence-corrected chi connectivity index (χ1v) is 6.17. The Bertz CT molecular complexity index is 334. The van der Waals surface area contributed by atoms with E-state index in [-0.39, 0.29) is 0 Å². The van der Waals surface area contributed by atoms with Crippen LogP contribution in [0.5, 0.6) is 11.5 Å². The van der Waals surface area contributed by atoms with Gasteiger partial charge in [0.2, 0.25) is 0 Å². The third-order valence-corrected chi connectivity index (χ3v) is 2.68. The first-order valence-electron chi connectivity index (χ1n) is 6.17. The lowest BCUT2D eigenvalue weighted by Gasteiger charge is -2.13. The maximum atomic E-state index is 9.53. The molecule has 1 N–H and O–H groups in total. The quantitative estimate of drug-likeness (QED) is 0.741. The van der Waals surface area contributed by atoms with Gasteiger partial charge in [0, 0.05) is 0 Å². The zero-order valence-electron chi connectivity index (χ0n) is 10.9. The third kappa shape index (κ3) is 4.27. The van der Waals surface area contributed by atoms with Crippen LogP contribution in [-0.2, 0) is 0 Å². The average Bonchev–Trinajstić information content (AvgIpc) is 2.34. The molecule has 0 saturated carbocycles.